The summed E-state index contributed by atoms with van der Waals surface area (Å²) in [7, 11) is 0. The topological polar surface area (TPSA) is 0 Å². The van der Waals surface area contributed by atoms with Crippen LogP contribution in [0.4, 0.5) is 0 Å². The summed E-state index contributed by atoms with van der Waals surface area (Å²) < 4.78 is 0.381. The van der Waals surface area contributed by atoms with Gasteiger partial charge in [-0.2, -0.15) is 0 Å². The van der Waals surface area contributed by atoms with Crippen LogP contribution in [0.15, 0.2) is 24.3 Å². The van der Waals surface area contributed by atoms with Crippen LogP contribution in [0, 0.1) is 0 Å². The molecule has 0 amide bonds. The fraction of sp³-hybridized carbons (Fsp3) is 0.429. The average Bonchev–Trinajstić information content (AvgIpc) is 1.65. The fourth-order valence-corrected chi connectivity index (χ4v) is 1.16. The molecule has 0 unspecified atom stereocenters. The fourth-order valence-electron chi connectivity index (χ4n) is 0.701. The molecule has 0 aromatic carbocycles. The van der Waals surface area contributed by atoms with Crippen molar-refractivity contribution < 1.29 is 0 Å². The van der Waals surface area contributed by atoms with Gasteiger partial charge in [-0.25, -0.2) is 0 Å². The molecule has 0 aliphatic heterocycles. The summed E-state index contributed by atoms with van der Waals surface area (Å²) in [5.74, 6) is 0. The van der Waals surface area contributed by atoms with Crippen LogP contribution in [0.3, 0.4) is 0 Å². The largest absolute Gasteiger partial charge is 0.0829 e. The first-order chi connectivity index (χ1) is 3.71. The zero-order chi connectivity index (χ0) is 6.04. The van der Waals surface area contributed by atoms with Gasteiger partial charge in [0.05, 0.1) is 0 Å². The summed E-state index contributed by atoms with van der Waals surface area (Å²) in [6.45, 7) is 2.23. The van der Waals surface area contributed by atoms with Gasteiger partial charge in [-0.3, -0.25) is 0 Å². The van der Waals surface area contributed by atoms with Gasteiger partial charge >= 0.3 is 0 Å². The van der Waals surface area contributed by atoms with Crippen LogP contribution in [0.5, 0.6) is 0 Å². The summed E-state index contributed by atoms with van der Waals surface area (Å²) in [6.07, 6.45) is 9.81. The van der Waals surface area contributed by atoms with E-state index in [-0.39, 0.29) is 0 Å². The first-order valence-corrected chi connectivity index (χ1v) is 3.82. The second-order valence-corrected chi connectivity index (χ2v) is 4.73. The predicted octanol–water partition coefficient (Wildman–Crippen LogP) is 2.70. The zero-order valence-corrected chi connectivity index (χ0v) is 7.05. The molecule has 0 spiro atoms. The number of hydrogen-bond acceptors (Lipinski definition) is 0. The SMILES string of the molecule is C[C@@]1(I)C=CC=CC1. The van der Waals surface area contributed by atoms with Gasteiger partial charge in [0.1, 0.15) is 0 Å². The molecule has 0 saturated heterocycles. The average molecular weight is 220 g/mol. The van der Waals surface area contributed by atoms with Gasteiger partial charge < -0.3 is 0 Å². The van der Waals surface area contributed by atoms with Crippen LogP contribution in [-0.4, -0.2) is 3.42 Å². The maximum absolute atomic E-state index is 2.45. The highest BCUT2D eigenvalue weighted by Gasteiger charge is 2.14. The van der Waals surface area contributed by atoms with Crippen LogP contribution in [0.25, 0.3) is 0 Å². The van der Waals surface area contributed by atoms with Crippen molar-refractivity contribution in [3.05, 3.63) is 24.3 Å². The van der Waals surface area contributed by atoms with Crippen LogP contribution < -0.4 is 0 Å². The Kier molecular flexibility index (Phi) is 1.75. The lowest BCUT2D eigenvalue weighted by atomic mass is 10.0. The molecule has 0 aromatic rings. The molecule has 0 heterocycles. The lowest BCUT2D eigenvalue weighted by molar-refractivity contribution is 0.836. The lowest BCUT2D eigenvalue weighted by Gasteiger charge is -2.16. The Hall–Kier alpha value is 0.210. The first kappa shape index (κ1) is 6.33. The van der Waals surface area contributed by atoms with Gasteiger partial charge in [0.2, 0.25) is 0 Å². The van der Waals surface area contributed by atoms with Crippen molar-refractivity contribution >= 4 is 22.6 Å². The number of hydrogen-bond donors (Lipinski definition) is 0. The molecule has 0 nitrogen and oxygen atoms in total. The zero-order valence-electron chi connectivity index (χ0n) is 4.89. The molecular formula is C7H9I. The summed E-state index contributed by atoms with van der Waals surface area (Å²) in [5, 5.41) is 0. The molecule has 8 heavy (non-hydrogen) atoms. The van der Waals surface area contributed by atoms with Gasteiger partial charge in [-0.05, 0) is 13.3 Å². The van der Waals surface area contributed by atoms with Crippen molar-refractivity contribution in [2.24, 2.45) is 0 Å². The Balaban J connectivity index is 2.65. The molecule has 44 valence electrons. The molecule has 1 heteroatoms. The Morgan fingerprint density at radius 1 is 1.50 bits per heavy atom. The van der Waals surface area contributed by atoms with E-state index in [0.717, 1.165) is 0 Å². The van der Waals surface area contributed by atoms with Crippen molar-refractivity contribution in [3.8, 4) is 0 Å². The van der Waals surface area contributed by atoms with Gasteiger partial charge in [0.15, 0.2) is 0 Å². The molecule has 0 radical (unpaired) electrons. The van der Waals surface area contributed by atoms with Crippen molar-refractivity contribution in [1.82, 2.24) is 0 Å². The minimum Gasteiger partial charge on any atom is -0.0829 e. The molecule has 0 aromatic heterocycles. The lowest BCUT2D eigenvalue weighted by Crippen LogP contribution is -2.10. The van der Waals surface area contributed by atoms with Gasteiger partial charge in [-0.15, -0.1) is 0 Å². The van der Waals surface area contributed by atoms with E-state index < -0.39 is 0 Å². The highest BCUT2D eigenvalue weighted by atomic mass is 127. The van der Waals surface area contributed by atoms with E-state index in [1.54, 1.807) is 0 Å². The van der Waals surface area contributed by atoms with Crippen molar-refractivity contribution in [2.75, 3.05) is 0 Å². The summed E-state index contributed by atoms with van der Waals surface area (Å²) in [4.78, 5) is 0. The molecule has 0 N–H and O–H groups in total. The smallest absolute Gasteiger partial charge is 0.0410 e. The van der Waals surface area contributed by atoms with E-state index in [1.807, 2.05) is 0 Å². The van der Waals surface area contributed by atoms with Crippen LogP contribution in [0.2, 0.25) is 0 Å². The molecular weight excluding hydrogens is 211 g/mol. The Bertz CT molecular complexity index is 131. The van der Waals surface area contributed by atoms with Gasteiger partial charge in [0, 0.05) is 3.42 Å². The minimum absolute atomic E-state index is 0.381. The van der Waals surface area contributed by atoms with E-state index in [2.05, 4.69) is 53.8 Å². The second kappa shape index (κ2) is 2.21. The van der Waals surface area contributed by atoms with Gasteiger partial charge in [-0.1, -0.05) is 46.9 Å². The molecule has 1 aliphatic rings. The first-order valence-electron chi connectivity index (χ1n) is 2.74. The molecule has 1 aliphatic carbocycles. The number of halogens is 1. The minimum atomic E-state index is 0.381. The van der Waals surface area contributed by atoms with Crippen molar-refractivity contribution in [1.29, 1.82) is 0 Å². The normalized spacial score (nSPS) is 35.8. The monoisotopic (exact) mass is 220 g/mol. The van der Waals surface area contributed by atoms with Crippen LogP contribution >= 0.6 is 22.6 Å². The summed E-state index contributed by atoms with van der Waals surface area (Å²) in [5.41, 5.74) is 0. The quantitative estimate of drug-likeness (QED) is 0.435. The highest BCUT2D eigenvalue weighted by molar-refractivity contribution is 14.1. The highest BCUT2D eigenvalue weighted by Crippen LogP contribution is 2.26. The number of alkyl halides is 1. The molecule has 0 fully saturated rings. The molecule has 1 rings (SSSR count). The Morgan fingerprint density at radius 3 is 2.50 bits per heavy atom. The number of rotatable bonds is 0. The van der Waals surface area contributed by atoms with Crippen LogP contribution in [-0.2, 0) is 0 Å². The van der Waals surface area contributed by atoms with Crippen molar-refractivity contribution in [3.63, 3.8) is 0 Å². The van der Waals surface area contributed by atoms with E-state index in [1.165, 1.54) is 6.42 Å². The van der Waals surface area contributed by atoms with Crippen LogP contribution in [0.1, 0.15) is 13.3 Å². The van der Waals surface area contributed by atoms with E-state index in [9.17, 15) is 0 Å². The molecule has 1 atom stereocenters. The number of allylic oxidation sites excluding steroid dienone is 4. The summed E-state index contributed by atoms with van der Waals surface area (Å²) >= 11 is 2.45. The van der Waals surface area contributed by atoms with E-state index in [4.69, 9.17) is 0 Å². The summed E-state index contributed by atoms with van der Waals surface area (Å²) in [6, 6.07) is 0. The van der Waals surface area contributed by atoms with E-state index >= 15 is 0 Å². The molecule has 0 saturated carbocycles. The third kappa shape index (κ3) is 1.62. The van der Waals surface area contributed by atoms with Crippen molar-refractivity contribution in [2.45, 2.75) is 16.8 Å². The standard InChI is InChI=1S/C7H9I/c1-7(8)5-3-2-4-6-7/h2-5H,6H2,1H3/t7-/m1/s1. The predicted molar refractivity (Wildman–Crippen MR) is 45.3 cm³/mol. The van der Waals surface area contributed by atoms with E-state index in [0.29, 0.717) is 3.42 Å². The molecule has 0 bridgehead atoms. The Morgan fingerprint density at radius 2 is 2.25 bits per heavy atom. The van der Waals surface area contributed by atoms with Gasteiger partial charge in [0.25, 0.3) is 0 Å². The third-order valence-corrected chi connectivity index (χ3v) is 2.01. The Labute approximate surface area is 63.8 Å². The third-order valence-electron chi connectivity index (χ3n) is 1.21. The second-order valence-electron chi connectivity index (χ2n) is 2.27. The maximum atomic E-state index is 2.45. The maximum Gasteiger partial charge on any atom is 0.0410 e.